The van der Waals surface area contributed by atoms with E-state index in [4.69, 9.17) is 11.6 Å². The number of sulfonamides is 1. The third-order valence-electron chi connectivity index (χ3n) is 2.83. The molecule has 1 fully saturated rings. The molecule has 0 spiro atoms. The van der Waals surface area contributed by atoms with Crippen molar-refractivity contribution in [2.75, 3.05) is 0 Å². The number of nitrogens with one attached hydrogen (secondary N) is 1. The molecule has 1 aromatic rings. The smallest absolute Gasteiger partial charge is 0.261 e. The molecule has 0 aliphatic heterocycles. The molecule has 0 aromatic carbocycles. The summed E-state index contributed by atoms with van der Waals surface area (Å²) in [6, 6.07) is -0.0782. The molecule has 5 nitrogen and oxygen atoms in total. The summed E-state index contributed by atoms with van der Waals surface area (Å²) < 4.78 is 28.1. The maximum atomic E-state index is 12.0. The summed E-state index contributed by atoms with van der Waals surface area (Å²) in [6.45, 7) is 1.87. The standard InChI is InChI=1S/C10H16ClN3O2S/c1-7(5-8-3-4-8)13-17(15,16)10-9(11)14(2)6-12-10/h6-8,13H,3-5H2,1-2H3. The highest BCUT2D eigenvalue weighted by molar-refractivity contribution is 7.89. The molecule has 0 bridgehead atoms. The van der Waals surface area contributed by atoms with E-state index in [-0.39, 0.29) is 16.2 Å². The largest absolute Gasteiger partial charge is 0.324 e. The van der Waals surface area contributed by atoms with Crippen LogP contribution in [0.5, 0.6) is 0 Å². The van der Waals surface area contributed by atoms with Gasteiger partial charge in [-0.25, -0.2) is 18.1 Å². The summed E-state index contributed by atoms with van der Waals surface area (Å²) in [4.78, 5) is 3.82. The monoisotopic (exact) mass is 277 g/mol. The number of hydrogen-bond acceptors (Lipinski definition) is 3. The van der Waals surface area contributed by atoms with Crippen LogP contribution in [-0.2, 0) is 17.1 Å². The topological polar surface area (TPSA) is 64.0 Å². The van der Waals surface area contributed by atoms with Gasteiger partial charge in [-0.2, -0.15) is 0 Å². The molecule has 1 N–H and O–H groups in total. The van der Waals surface area contributed by atoms with Crippen LogP contribution in [-0.4, -0.2) is 24.0 Å². The van der Waals surface area contributed by atoms with Crippen LogP contribution in [0.1, 0.15) is 26.2 Å². The quantitative estimate of drug-likeness (QED) is 0.888. The summed E-state index contributed by atoms with van der Waals surface area (Å²) in [6.07, 6.45) is 4.68. The first-order valence-corrected chi connectivity index (χ1v) is 7.45. The van der Waals surface area contributed by atoms with Crippen molar-refractivity contribution in [3.05, 3.63) is 11.5 Å². The second-order valence-electron chi connectivity index (χ2n) is 4.65. The molecule has 1 atom stereocenters. The molecule has 1 unspecified atom stereocenters. The predicted octanol–water partition coefficient (Wildman–Crippen LogP) is 1.54. The molecule has 1 aliphatic carbocycles. The van der Waals surface area contributed by atoms with Crippen molar-refractivity contribution in [2.45, 2.75) is 37.3 Å². The molecule has 7 heteroatoms. The molecule has 1 saturated carbocycles. The van der Waals surface area contributed by atoms with Gasteiger partial charge in [0.15, 0.2) is 0 Å². The van der Waals surface area contributed by atoms with Crippen molar-refractivity contribution in [1.29, 1.82) is 0 Å². The maximum Gasteiger partial charge on any atom is 0.261 e. The minimum absolute atomic E-state index is 0.0782. The van der Waals surface area contributed by atoms with Gasteiger partial charge in [-0.3, -0.25) is 0 Å². The highest BCUT2D eigenvalue weighted by atomic mass is 35.5. The van der Waals surface area contributed by atoms with E-state index in [1.807, 2.05) is 6.92 Å². The zero-order valence-corrected chi connectivity index (χ0v) is 11.4. The van der Waals surface area contributed by atoms with E-state index in [1.54, 1.807) is 7.05 Å². The first kappa shape index (κ1) is 12.9. The highest BCUT2D eigenvalue weighted by Crippen LogP contribution is 2.33. The summed E-state index contributed by atoms with van der Waals surface area (Å²) in [5.41, 5.74) is 0. The average Bonchev–Trinajstić information content (AvgIpc) is 2.93. The van der Waals surface area contributed by atoms with Crippen LogP contribution in [0.2, 0.25) is 5.15 Å². The number of halogens is 1. The van der Waals surface area contributed by atoms with Gasteiger partial charge in [-0.1, -0.05) is 24.4 Å². The van der Waals surface area contributed by atoms with E-state index >= 15 is 0 Å². The Morgan fingerprint density at radius 1 is 1.65 bits per heavy atom. The van der Waals surface area contributed by atoms with E-state index < -0.39 is 10.0 Å². The van der Waals surface area contributed by atoms with Crippen molar-refractivity contribution in [1.82, 2.24) is 14.3 Å². The number of nitrogens with zero attached hydrogens (tertiary/aromatic N) is 2. The zero-order valence-electron chi connectivity index (χ0n) is 9.85. The van der Waals surface area contributed by atoms with E-state index in [9.17, 15) is 8.42 Å². The van der Waals surface area contributed by atoms with Crippen molar-refractivity contribution in [3.63, 3.8) is 0 Å². The molecule has 17 heavy (non-hydrogen) atoms. The number of hydrogen-bond donors (Lipinski definition) is 1. The Labute approximate surface area is 106 Å². The second kappa shape index (κ2) is 4.59. The molecule has 96 valence electrons. The van der Waals surface area contributed by atoms with E-state index in [1.165, 1.54) is 23.7 Å². The normalized spacial score (nSPS) is 18.3. The van der Waals surface area contributed by atoms with Gasteiger partial charge in [0.2, 0.25) is 5.03 Å². The summed E-state index contributed by atoms with van der Waals surface area (Å²) in [5.74, 6) is 0.673. The molecular weight excluding hydrogens is 262 g/mol. The van der Waals surface area contributed by atoms with Crippen LogP contribution in [0, 0.1) is 5.92 Å². The Balaban J connectivity index is 2.09. The Morgan fingerprint density at radius 2 is 2.29 bits per heavy atom. The Bertz CT molecular complexity index is 508. The van der Waals surface area contributed by atoms with Crippen LogP contribution >= 0.6 is 11.6 Å². The predicted molar refractivity (Wildman–Crippen MR) is 65.3 cm³/mol. The lowest BCUT2D eigenvalue weighted by atomic mass is 10.2. The lowest BCUT2D eigenvalue weighted by molar-refractivity contribution is 0.528. The van der Waals surface area contributed by atoms with Crippen LogP contribution in [0.4, 0.5) is 0 Å². The first-order chi connectivity index (χ1) is 7.90. The lowest BCUT2D eigenvalue weighted by Gasteiger charge is -2.12. The van der Waals surface area contributed by atoms with Crippen LogP contribution in [0.15, 0.2) is 11.4 Å². The summed E-state index contributed by atoms with van der Waals surface area (Å²) in [5, 5.41) is 0.0421. The van der Waals surface area contributed by atoms with Gasteiger partial charge in [0.1, 0.15) is 5.15 Å². The van der Waals surface area contributed by atoms with Crippen LogP contribution in [0.25, 0.3) is 0 Å². The van der Waals surface area contributed by atoms with Gasteiger partial charge in [-0.05, 0) is 19.3 Å². The zero-order chi connectivity index (χ0) is 12.6. The molecule has 1 aromatic heterocycles. The van der Waals surface area contributed by atoms with Crippen molar-refractivity contribution >= 4 is 21.6 Å². The third kappa shape index (κ3) is 3.00. The van der Waals surface area contributed by atoms with Crippen molar-refractivity contribution in [2.24, 2.45) is 13.0 Å². The molecule has 0 amide bonds. The minimum atomic E-state index is -3.60. The van der Waals surface area contributed by atoms with Crippen LogP contribution < -0.4 is 4.72 Å². The van der Waals surface area contributed by atoms with Gasteiger partial charge in [0.05, 0.1) is 6.33 Å². The van der Waals surface area contributed by atoms with Gasteiger partial charge >= 0.3 is 0 Å². The SMILES string of the molecule is CC(CC1CC1)NS(=O)(=O)c1ncn(C)c1Cl. The van der Waals surface area contributed by atoms with E-state index in [2.05, 4.69) is 9.71 Å². The number of rotatable bonds is 5. The minimum Gasteiger partial charge on any atom is -0.324 e. The van der Waals surface area contributed by atoms with Gasteiger partial charge in [0.25, 0.3) is 10.0 Å². The molecule has 0 saturated heterocycles. The van der Waals surface area contributed by atoms with Crippen LogP contribution in [0.3, 0.4) is 0 Å². The van der Waals surface area contributed by atoms with E-state index in [0.717, 1.165) is 6.42 Å². The fourth-order valence-corrected chi connectivity index (χ4v) is 3.48. The maximum absolute atomic E-state index is 12.0. The number of imidazole rings is 1. The summed E-state index contributed by atoms with van der Waals surface area (Å²) >= 11 is 5.88. The lowest BCUT2D eigenvalue weighted by Crippen LogP contribution is -2.33. The third-order valence-corrected chi connectivity index (χ3v) is 4.91. The average molecular weight is 278 g/mol. The number of aryl methyl sites for hydroxylation is 1. The highest BCUT2D eigenvalue weighted by Gasteiger charge is 2.28. The number of aromatic nitrogens is 2. The van der Waals surface area contributed by atoms with Crippen molar-refractivity contribution < 1.29 is 8.42 Å². The molecule has 1 aliphatic rings. The molecule has 1 heterocycles. The Kier molecular flexibility index (Phi) is 3.47. The molecule has 2 rings (SSSR count). The van der Waals surface area contributed by atoms with Gasteiger partial charge in [-0.15, -0.1) is 0 Å². The van der Waals surface area contributed by atoms with Gasteiger partial charge in [0, 0.05) is 13.1 Å². The fraction of sp³-hybridized carbons (Fsp3) is 0.700. The molecular formula is C10H16ClN3O2S. The fourth-order valence-electron chi connectivity index (χ4n) is 1.80. The summed E-state index contributed by atoms with van der Waals surface area (Å²) in [7, 11) is -1.95. The first-order valence-electron chi connectivity index (χ1n) is 5.59. The van der Waals surface area contributed by atoms with E-state index in [0.29, 0.717) is 5.92 Å². The van der Waals surface area contributed by atoms with Crippen molar-refractivity contribution in [3.8, 4) is 0 Å². The molecule has 0 radical (unpaired) electrons. The Hall–Kier alpha value is -0.590. The Morgan fingerprint density at radius 3 is 2.76 bits per heavy atom. The van der Waals surface area contributed by atoms with Gasteiger partial charge < -0.3 is 4.57 Å². The second-order valence-corrected chi connectivity index (χ2v) is 6.64.